The Bertz CT molecular complexity index is 608. The maximum atomic E-state index is 12.5. The molecule has 2 aliphatic rings. The number of benzene rings is 1. The second-order valence-electron chi connectivity index (χ2n) is 6.87. The average Bonchev–Trinajstić information content (AvgIpc) is 3.33. The maximum absolute atomic E-state index is 12.5. The highest BCUT2D eigenvalue weighted by molar-refractivity contribution is 5.94. The number of carbonyl (C=O) groups is 2. The minimum absolute atomic E-state index is 0.0844. The number of likely N-dealkylation sites (tertiary alicyclic amines) is 1. The molecular weight excluding hydrogens is 318 g/mol. The zero-order chi connectivity index (χ0) is 17.6. The molecule has 136 valence electrons. The van der Waals surface area contributed by atoms with E-state index in [1.165, 1.54) is 0 Å². The lowest BCUT2D eigenvalue weighted by Crippen LogP contribution is -2.40. The van der Waals surface area contributed by atoms with Gasteiger partial charge >= 0.3 is 6.03 Å². The summed E-state index contributed by atoms with van der Waals surface area (Å²) < 4.78 is 5.56. The van der Waals surface area contributed by atoms with Gasteiger partial charge in [-0.05, 0) is 43.4 Å². The van der Waals surface area contributed by atoms with Crippen molar-refractivity contribution in [3.8, 4) is 0 Å². The van der Waals surface area contributed by atoms with E-state index < -0.39 is 0 Å². The van der Waals surface area contributed by atoms with Crippen LogP contribution in [0.15, 0.2) is 24.3 Å². The molecule has 6 heteroatoms. The SMILES string of the molecule is CN(CC1CCCO1)C(=O)NCc1cccc(C(=O)N2CCCC2)c1. The zero-order valence-electron chi connectivity index (χ0n) is 14.9. The van der Waals surface area contributed by atoms with Crippen molar-refractivity contribution >= 4 is 11.9 Å². The molecule has 1 N–H and O–H groups in total. The Balaban J connectivity index is 1.51. The van der Waals surface area contributed by atoms with E-state index in [2.05, 4.69) is 5.32 Å². The molecule has 25 heavy (non-hydrogen) atoms. The highest BCUT2D eigenvalue weighted by Gasteiger charge is 2.21. The fourth-order valence-corrected chi connectivity index (χ4v) is 3.41. The van der Waals surface area contributed by atoms with Crippen LogP contribution in [0.4, 0.5) is 4.79 Å². The van der Waals surface area contributed by atoms with Crippen LogP contribution < -0.4 is 5.32 Å². The van der Waals surface area contributed by atoms with Gasteiger partial charge in [-0.25, -0.2) is 4.79 Å². The molecule has 1 aromatic carbocycles. The van der Waals surface area contributed by atoms with Gasteiger partial charge < -0.3 is 19.9 Å². The van der Waals surface area contributed by atoms with E-state index in [9.17, 15) is 9.59 Å². The van der Waals surface area contributed by atoms with Crippen LogP contribution in [0.1, 0.15) is 41.6 Å². The molecule has 2 saturated heterocycles. The summed E-state index contributed by atoms with van der Waals surface area (Å²) in [5.74, 6) is 0.0844. The number of nitrogens with one attached hydrogen (secondary N) is 1. The third-order valence-corrected chi connectivity index (χ3v) is 4.86. The third kappa shape index (κ3) is 4.72. The molecule has 3 rings (SSSR count). The Morgan fingerprint density at radius 2 is 2.08 bits per heavy atom. The van der Waals surface area contributed by atoms with Gasteiger partial charge in [-0.15, -0.1) is 0 Å². The first-order valence-corrected chi connectivity index (χ1v) is 9.12. The van der Waals surface area contributed by atoms with Crippen molar-refractivity contribution in [3.05, 3.63) is 35.4 Å². The topological polar surface area (TPSA) is 61.9 Å². The van der Waals surface area contributed by atoms with Gasteiger partial charge in [0.25, 0.3) is 5.91 Å². The number of hydrogen-bond donors (Lipinski definition) is 1. The van der Waals surface area contributed by atoms with E-state index in [0.717, 1.165) is 50.9 Å². The zero-order valence-corrected chi connectivity index (χ0v) is 14.9. The Kier molecular flexibility index (Phi) is 5.91. The molecule has 0 saturated carbocycles. The second-order valence-corrected chi connectivity index (χ2v) is 6.87. The van der Waals surface area contributed by atoms with Gasteiger partial charge in [-0.2, -0.15) is 0 Å². The Hall–Kier alpha value is -2.08. The molecule has 6 nitrogen and oxygen atoms in total. The maximum Gasteiger partial charge on any atom is 0.317 e. The number of ether oxygens (including phenoxy) is 1. The van der Waals surface area contributed by atoms with Crippen LogP contribution in [-0.2, 0) is 11.3 Å². The predicted molar refractivity (Wildman–Crippen MR) is 95.4 cm³/mol. The first-order valence-electron chi connectivity index (χ1n) is 9.12. The van der Waals surface area contributed by atoms with Crippen LogP contribution in [-0.4, -0.2) is 61.1 Å². The Morgan fingerprint density at radius 1 is 1.28 bits per heavy atom. The number of rotatable bonds is 5. The van der Waals surface area contributed by atoms with Crippen molar-refractivity contribution in [1.29, 1.82) is 0 Å². The molecule has 2 aliphatic heterocycles. The van der Waals surface area contributed by atoms with Crippen molar-refractivity contribution in [1.82, 2.24) is 15.1 Å². The summed E-state index contributed by atoms with van der Waals surface area (Å²) in [7, 11) is 1.78. The van der Waals surface area contributed by atoms with Gasteiger partial charge in [0.05, 0.1) is 6.10 Å². The highest BCUT2D eigenvalue weighted by atomic mass is 16.5. The van der Waals surface area contributed by atoms with Crippen molar-refractivity contribution in [2.75, 3.05) is 33.3 Å². The lowest BCUT2D eigenvalue weighted by Gasteiger charge is -2.21. The van der Waals surface area contributed by atoms with Crippen LogP contribution in [0.2, 0.25) is 0 Å². The van der Waals surface area contributed by atoms with E-state index in [1.54, 1.807) is 11.9 Å². The lowest BCUT2D eigenvalue weighted by atomic mass is 10.1. The summed E-state index contributed by atoms with van der Waals surface area (Å²) in [6.45, 7) is 3.49. The second kappa shape index (κ2) is 8.34. The molecule has 2 heterocycles. The summed E-state index contributed by atoms with van der Waals surface area (Å²) in [4.78, 5) is 28.2. The molecule has 0 aliphatic carbocycles. The lowest BCUT2D eigenvalue weighted by molar-refractivity contribution is 0.0792. The van der Waals surface area contributed by atoms with Crippen LogP contribution in [0.25, 0.3) is 0 Å². The summed E-state index contributed by atoms with van der Waals surface area (Å²) in [5.41, 5.74) is 1.63. The molecule has 3 amide bonds. The predicted octanol–water partition coefficient (Wildman–Crippen LogP) is 2.24. The number of hydrogen-bond acceptors (Lipinski definition) is 3. The molecule has 1 atom stereocenters. The summed E-state index contributed by atoms with van der Waals surface area (Å²) in [5, 5.41) is 2.91. The van der Waals surface area contributed by atoms with E-state index in [0.29, 0.717) is 18.7 Å². The number of nitrogens with zero attached hydrogens (tertiary/aromatic N) is 2. The Labute approximate surface area is 149 Å². The van der Waals surface area contributed by atoms with Crippen molar-refractivity contribution in [2.45, 2.75) is 38.3 Å². The largest absolute Gasteiger partial charge is 0.376 e. The summed E-state index contributed by atoms with van der Waals surface area (Å²) in [6, 6.07) is 7.41. The molecule has 0 spiro atoms. The van der Waals surface area contributed by atoms with Crippen LogP contribution in [0.3, 0.4) is 0 Å². The van der Waals surface area contributed by atoms with Crippen LogP contribution >= 0.6 is 0 Å². The average molecular weight is 345 g/mol. The fourth-order valence-electron chi connectivity index (χ4n) is 3.41. The standard InChI is InChI=1S/C19H27N3O3/c1-21(14-17-8-5-11-25-17)19(24)20-13-15-6-4-7-16(12-15)18(23)22-9-2-3-10-22/h4,6-7,12,17H,2-3,5,8-11,13-14H2,1H3,(H,20,24). The minimum atomic E-state index is -0.119. The molecule has 0 radical (unpaired) electrons. The number of carbonyl (C=O) groups excluding carboxylic acids is 2. The minimum Gasteiger partial charge on any atom is -0.376 e. The van der Waals surface area contributed by atoms with E-state index >= 15 is 0 Å². The molecule has 1 unspecified atom stereocenters. The van der Waals surface area contributed by atoms with Gasteiger partial charge in [0.1, 0.15) is 0 Å². The van der Waals surface area contributed by atoms with E-state index in [4.69, 9.17) is 4.74 Å². The van der Waals surface area contributed by atoms with Gasteiger partial charge in [0.2, 0.25) is 0 Å². The monoisotopic (exact) mass is 345 g/mol. The smallest absolute Gasteiger partial charge is 0.317 e. The van der Waals surface area contributed by atoms with E-state index in [1.807, 2.05) is 29.2 Å². The summed E-state index contributed by atoms with van der Waals surface area (Å²) in [6.07, 6.45) is 4.39. The van der Waals surface area contributed by atoms with Gasteiger partial charge in [-0.3, -0.25) is 4.79 Å². The molecule has 0 aromatic heterocycles. The number of urea groups is 1. The van der Waals surface area contributed by atoms with Gasteiger partial charge in [0, 0.05) is 45.4 Å². The van der Waals surface area contributed by atoms with Crippen LogP contribution in [0.5, 0.6) is 0 Å². The molecular formula is C19H27N3O3. The van der Waals surface area contributed by atoms with Crippen molar-refractivity contribution < 1.29 is 14.3 Å². The molecule has 1 aromatic rings. The first kappa shape index (κ1) is 17.7. The van der Waals surface area contributed by atoms with Gasteiger partial charge in [0.15, 0.2) is 0 Å². The quantitative estimate of drug-likeness (QED) is 0.890. The van der Waals surface area contributed by atoms with Crippen molar-refractivity contribution in [3.63, 3.8) is 0 Å². The highest BCUT2D eigenvalue weighted by Crippen LogP contribution is 2.15. The Morgan fingerprint density at radius 3 is 2.80 bits per heavy atom. The first-order chi connectivity index (χ1) is 12.1. The normalized spacial score (nSPS) is 19.9. The molecule has 0 bridgehead atoms. The molecule has 2 fully saturated rings. The van der Waals surface area contributed by atoms with Crippen molar-refractivity contribution in [2.24, 2.45) is 0 Å². The number of amides is 3. The fraction of sp³-hybridized carbons (Fsp3) is 0.579. The van der Waals surface area contributed by atoms with Gasteiger partial charge in [-0.1, -0.05) is 12.1 Å². The third-order valence-electron chi connectivity index (χ3n) is 4.86. The van der Waals surface area contributed by atoms with E-state index in [-0.39, 0.29) is 18.0 Å². The van der Waals surface area contributed by atoms with Crippen LogP contribution in [0, 0.1) is 0 Å². The number of likely N-dealkylation sites (N-methyl/N-ethyl adjacent to an activating group) is 1. The summed E-state index contributed by atoms with van der Waals surface area (Å²) >= 11 is 0.